The van der Waals surface area contributed by atoms with Crippen molar-refractivity contribution in [3.05, 3.63) is 0 Å². The van der Waals surface area contributed by atoms with Gasteiger partial charge in [-0.3, -0.25) is 4.79 Å². The minimum absolute atomic E-state index is 0.149. The molecule has 0 fully saturated rings. The van der Waals surface area contributed by atoms with E-state index in [2.05, 4.69) is 20.8 Å². The minimum Gasteiger partial charge on any atom is -0.382 e. The van der Waals surface area contributed by atoms with Crippen molar-refractivity contribution >= 4 is 5.78 Å². The van der Waals surface area contributed by atoms with Gasteiger partial charge in [-0.25, -0.2) is 0 Å². The molecule has 0 spiro atoms. The fourth-order valence-corrected chi connectivity index (χ4v) is 5.87. The Labute approximate surface area is 240 Å². The molecule has 0 radical (unpaired) electrons. The molecule has 38 heavy (non-hydrogen) atoms. The van der Waals surface area contributed by atoms with Crippen LogP contribution < -0.4 is 0 Å². The maximum absolute atomic E-state index is 13.2. The quantitative estimate of drug-likeness (QED) is 0.0868. The van der Waals surface area contributed by atoms with E-state index in [0.29, 0.717) is 19.3 Å². The molecule has 228 valence electrons. The van der Waals surface area contributed by atoms with Gasteiger partial charge in [0, 0.05) is 6.42 Å². The molecule has 2 heteroatoms. The van der Waals surface area contributed by atoms with Crippen LogP contribution in [0.25, 0.3) is 0 Å². The van der Waals surface area contributed by atoms with Gasteiger partial charge in [0.05, 0.1) is 0 Å². The van der Waals surface area contributed by atoms with Gasteiger partial charge >= 0.3 is 0 Å². The van der Waals surface area contributed by atoms with Crippen LogP contribution in [0.1, 0.15) is 220 Å². The maximum atomic E-state index is 13.2. The van der Waals surface area contributed by atoms with Gasteiger partial charge in [-0.15, -0.1) is 0 Å². The van der Waals surface area contributed by atoms with Crippen LogP contribution in [0.2, 0.25) is 0 Å². The average Bonchev–Trinajstić information content (AvgIpc) is 2.92. The summed E-state index contributed by atoms with van der Waals surface area (Å²) in [6.45, 7) is 6.82. The summed E-state index contributed by atoms with van der Waals surface area (Å²) in [7, 11) is 0. The summed E-state index contributed by atoms with van der Waals surface area (Å²) >= 11 is 0. The lowest BCUT2D eigenvalue weighted by Gasteiger charge is -2.27. The molecule has 1 unspecified atom stereocenters. The lowest BCUT2D eigenvalue weighted by atomic mass is 9.84. The number of hydrogen-bond donors (Lipinski definition) is 1. The second-order valence-electron chi connectivity index (χ2n) is 12.5. The van der Waals surface area contributed by atoms with Gasteiger partial charge in [0.15, 0.2) is 5.78 Å². The molecule has 0 aliphatic rings. The zero-order chi connectivity index (χ0) is 28.0. The van der Waals surface area contributed by atoms with Crippen LogP contribution >= 0.6 is 0 Å². The highest BCUT2D eigenvalue weighted by Gasteiger charge is 2.33. The second-order valence-corrected chi connectivity index (χ2v) is 12.5. The Morgan fingerprint density at radius 3 is 0.921 bits per heavy atom. The van der Waals surface area contributed by atoms with E-state index in [4.69, 9.17) is 0 Å². The number of unbranched alkanes of at least 4 members (excludes halogenated alkanes) is 25. The van der Waals surface area contributed by atoms with Crippen LogP contribution in [0, 0.1) is 0 Å². The first kappa shape index (κ1) is 37.6. The number of ketones is 1. The molecule has 0 aromatic rings. The Morgan fingerprint density at radius 2 is 0.632 bits per heavy atom. The van der Waals surface area contributed by atoms with Gasteiger partial charge in [-0.05, 0) is 19.3 Å². The molecule has 0 saturated heterocycles. The summed E-state index contributed by atoms with van der Waals surface area (Å²) in [6, 6.07) is 0. The van der Waals surface area contributed by atoms with E-state index in [1.807, 2.05) is 0 Å². The third kappa shape index (κ3) is 24.7. The molecule has 0 rings (SSSR count). The monoisotopic (exact) mass is 537 g/mol. The molecule has 0 saturated carbocycles. The van der Waals surface area contributed by atoms with Gasteiger partial charge in [0.25, 0.3) is 0 Å². The summed E-state index contributed by atoms with van der Waals surface area (Å²) in [5.74, 6) is 0.149. The van der Waals surface area contributed by atoms with E-state index < -0.39 is 5.60 Å². The fraction of sp³-hybridized carbons (Fsp3) is 0.972. The zero-order valence-corrected chi connectivity index (χ0v) is 26.8. The number of carbonyl (C=O) groups excluding carboxylic acids is 1. The van der Waals surface area contributed by atoms with Crippen molar-refractivity contribution in [2.24, 2.45) is 0 Å². The normalized spacial score (nSPS) is 13.2. The Kier molecular flexibility index (Phi) is 29.3. The first-order valence-corrected chi connectivity index (χ1v) is 17.9. The van der Waals surface area contributed by atoms with Crippen LogP contribution in [0.15, 0.2) is 0 Å². The van der Waals surface area contributed by atoms with Gasteiger partial charge in [0.2, 0.25) is 0 Å². The number of Topliss-reactive ketones (excluding diaryl/α,β-unsaturated/α-hetero) is 1. The molecular weight excluding hydrogens is 464 g/mol. The third-order valence-electron chi connectivity index (χ3n) is 8.66. The highest BCUT2D eigenvalue weighted by atomic mass is 16.3. The Bertz CT molecular complexity index is 474. The number of rotatable bonds is 32. The Balaban J connectivity index is 4.25. The zero-order valence-electron chi connectivity index (χ0n) is 26.8. The standard InChI is InChI=1S/C36H72O2/c1-4-7-10-13-16-19-22-25-28-31-34-36(38,33-30-27-24-21-18-15-12-9-6-3)35(37)32-29-26-23-20-17-14-11-8-5-2/h38H,4-34H2,1-3H3. The molecule has 0 amide bonds. The summed E-state index contributed by atoms with van der Waals surface area (Å²) in [4.78, 5) is 13.2. The summed E-state index contributed by atoms with van der Waals surface area (Å²) < 4.78 is 0. The highest BCUT2D eigenvalue weighted by Crippen LogP contribution is 2.27. The van der Waals surface area contributed by atoms with Crippen molar-refractivity contribution in [2.45, 2.75) is 225 Å². The third-order valence-corrected chi connectivity index (χ3v) is 8.66. The SMILES string of the molecule is CCCCCCCCCCCCC(O)(CCCCCCCCCCC)C(=O)CCCCCCCCCCC. The van der Waals surface area contributed by atoms with Crippen LogP contribution in [0.3, 0.4) is 0 Å². The molecular formula is C36H72O2. The van der Waals surface area contributed by atoms with Gasteiger partial charge in [-0.1, -0.05) is 194 Å². The molecule has 0 aliphatic carbocycles. The van der Waals surface area contributed by atoms with Gasteiger partial charge in [0.1, 0.15) is 5.60 Å². The van der Waals surface area contributed by atoms with E-state index in [1.54, 1.807) is 0 Å². The fourth-order valence-electron chi connectivity index (χ4n) is 5.87. The molecule has 0 bridgehead atoms. The molecule has 1 atom stereocenters. The van der Waals surface area contributed by atoms with E-state index in [-0.39, 0.29) is 5.78 Å². The van der Waals surface area contributed by atoms with Crippen molar-refractivity contribution in [1.82, 2.24) is 0 Å². The van der Waals surface area contributed by atoms with E-state index in [1.165, 1.54) is 154 Å². The molecule has 0 aromatic carbocycles. The Morgan fingerprint density at radius 1 is 0.395 bits per heavy atom. The van der Waals surface area contributed by atoms with Crippen molar-refractivity contribution in [1.29, 1.82) is 0 Å². The molecule has 1 N–H and O–H groups in total. The van der Waals surface area contributed by atoms with Gasteiger partial charge < -0.3 is 5.11 Å². The summed E-state index contributed by atoms with van der Waals surface area (Å²) in [6.07, 6.45) is 37.8. The van der Waals surface area contributed by atoms with Crippen LogP contribution in [-0.2, 0) is 4.79 Å². The van der Waals surface area contributed by atoms with E-state index in [0.717, 1.165) is 25.7 Å². The predicted molar refractivity (Wildman–Crippen MR) is 170 cm³/mol. The topological polar surface area (TPSA) is 37.3 Å². The maximum Gasteiger partial charge on any atom is 0.164 e. The van der Waals surface area contributed by atoms with E-state index in [9.17, 15) is 9.90 Å². The second kappa shape index (κ2) is 29.6. The number of hydrogen-bond acceptors (Lipinski definition) is 2. The van der Waals surface area contributed by atoms with Gasteiger partial charge in [-0.2, -0.15) is 0 Å². The smallest absolute Gasteiger partial charge is 0.164 e. The van der Waals surface area contributed by atoms with Crippen molar-refractivity contribution in [3.8, 4) is 0 Å². The summed E-state index contributed by atoms with van der Waals surface area (Å²) in [5.41, 5.74) is -1.05. The highest BCUT2D eigenvalue weighted by molar-refractivity contribution is 5.86. The minimum atomic E-state index is -1.05. The molecule has 0 aliphatic heterocycles. The predicted octanol–water partition coefficient (Wildman–Crippen LogP) is 12.4. The van der Waals surface area contributed by atoms with Crippen molar-refractivity contribution in [2.75, 3.05) is 0 Å². The van der Waals surface area contributed by atoms with Crippen molar-refractivity contribution in [3.63, 3.8) is 0 Å². The largest absolute Gasteiger partial charge is 0.382 e. The van der Waals surface area contributed by atoms with Crippen molar-refractivity contribution < 1.29 is 9.90 Å². The van der Waals surface area contributed by atoms with Crippen LogP contribution in [0.5, 0.6) is 0 Å². The van der Waals surface area contributed by atoms with Crippen LogP contribution in [0.4, 0.5) is 0 Å². The molecule has 0 heterocycles. The first-order chi connectivity index (χ1) is 18.6. The van der Waals surface area contributed by atoms with E-state index >= 15 is 0 Å². The Hall–Kier alpha value is -0.370. The lowest BCUT2D eigenvalue weighted by molar-refractivity contribution is -0.139. The average molecular weight is 537 g/mol. The molecule has 2 nitrogen and oxygen atoms in total. The summed E-state index contributed by atoms with van der Waals surface area (Å²) in [5, 5.41) is 11.5. The number of aliphatic hydroxyl groups is 1. The van der Waals surface area contributed by atoms with Crippen LogP contribution in [-0.4, -0.2) is 16.5 Å². The first-order valence-electron chi connectivity index (χ1n) is 17.9. The molecule has 0 aromatic heterocycles. The lowest BCUT2D eigenvalue weighted by Crippen LogP contribution is -2.38. The number of carbonyl (C=O) groups is 1.